The fourth-order valence-electron chi connectivity index (χ4n) is 2.05. The molecule has 122 valence electrons. The number of hydrogen-bond acceptors (Lipinski definition) is 2. The van der Waals surface area contributed by atoms with Crippen molar-refractivity contribution in [2.45, 2.75) is 22.2 Å². The molecular formula is C17H17Br3N2O. The van der Waals surface area contributed by atoms with Crippen molar-refractivity contribution < 1.29 is 4.79 Å². The van der Waals surface area contributed by atoms with E-state index in [9.17, 15) is 4.79 Å². The van der Waals surface area contributed by atoms with Gasteiger partial charge in [0.25, 0.3) is 5.91 Å². The molecule has 0 fully saturated rings. The van der Waals surface area contributed by atoms with Crippen LogP contribution in [0.5, 0.6) is 0 Å². The minimum atomic E-state index is -0.687. The Morgan fingerprint density at radius 2 is 1.70 bits per heavy atom. The second-order valence-corrected chi connectivity index (χ2v) is 12.2. The minimum Gasteiger partial charge on any atom is -0.362 e. The Balaban J connectivity index is 2.21. The van der Waals surface area contributed by atoms with E-state index in [1.807, 2.05) is 38.1 Å². The number of aryl methyl sites for hydroxylation is 2. The average molecular weight is 505 g/mol. The summed E-state index contributed by atoms with van der Waals surface area (Å²) in [6, 6.07) is 15.3. The van der Waals surface area contributed by atoms with Gasteiger partial charge < -0.3 is 10.6 Å². The second kappa shape index (κ2) is 7.81. The summed E-state index contributed by atoms with van der Waals surface area (Å²) in [4.78, 5) is 12.4. The highest BCUT2D eigenvalue weighted by Gasteiger charge is 2.32. The third kappa shape index (κ3) is 5.33. The molecule has 2 rings (SSSR count). The van der Waals surface area contributed by atoms with Crippen molar-refractivity contribution in [3.8, 4) is 0 Å². The molecule has 0 saturated carbocycles. The second-order valence-electron chi connectivity index (χ2n) is 5.28. The van der Waals surface area contributed by atoms with Crippen LogP contribution in [-0.4, -0.2) is 14.2 Å². The molecule has 0 heterocycles. The highest BCUT2D eigenvalue weighted by molar-refractivity contribution is 9.39. The van der Waals surface area contributed by atoms with Crippen LogP contribution < -0.4 is 10.6 Å². The predicted molar refractivity (Wildman–Crippen MR) is 107 cm³/mol. The van der Waals surface area contributed by atoms with Gasteiger partial charge in [-0.05, 0) is 43.2 Å². The first-order valence-electron chi connectivity index (χ1n) is 7.04. The number of nitrogens with one attached hydrogen (secondary N) is 2. The SMILES string of the molecule is Cc1ccc(C)c(N[C@H](NC(=O)c2ccccc2)C(Br)(Br)Br)c1. The Labute approximate surface area is 161 Å². The number of alkyl halides is 3. The van der Waals surface area contributed by atoms with Gasteiger partial charge in [0.05, 0.1) is 0 Å². The molecule has 1 amide bonds. The fourth-order valence-corrected chi connectivity index (χ4v) is 2.74. The zero-order valence-electron chi connectivity index (χ0n) is 12.7. The van der Waals surface area contributed by atoms with Gasteiger partial charge in [0.15, 0.2) is 2.14 Å². The lowest BCUT2D eigenvalue weighted by atomic mass is 10.1. The quantitative estimate of drug-likeness (QED) is 0.437. The van der Waals surface area contributed by atoms with Gasteiger partial charge in [-0.3, -0.25) is 4.79 Å². The molecule has 1 atom stereocenters. The number of benzene rings is 2. The van der Waals surface area contributed by atoms with Crippen LogP contribution in [0, 0.1) is 13.8 Å². The summed E-state index contributed by atoms with van der Waals surface area (Å²) in [5.41, 5.74) is 3.82. The van der Waals surface area contributed by atoms with Gasteiger partial charge in [-0.1, -0.05) is 78.1 Å². The molecule has 2 aromatic rings. The normalized spacial score (nSPS) is 12.6. The Bertz CT molecular complexity index is 684. The first-order valence-corrected chi connectivity index (χ1v) is 9.41. The Kier molecular flexibility index (Phi) is 6.28. The number of hydrogen-bond donors (Lipinski definition) is 2. The third-order valence-electron chi connectivity index (χ3n) is 3.33. The molecule has 0 aliphatic rings. The molecule has 2 aromatic carbocycles. The fraction of sp³-hybridized carbons (Fsp3) is 0.235. The molecular weight excluding hydrogens is 488 g/mol. The van der Waals surface area contributed by atoms with Crippen LogP contribution in [0.3, 0.4) is 0 Å². The maximum absolute atomic E-state index is 12.4. The number of carbonyl (C=O) groups is 1. The zero-order valence-corrected chi connectivity index (χ0v) is 17.5. The molecule has 0 radical (unpaired) electrons. The van der Waals surface area contributed by atoms with Crippen LogP contribution >= 0.6 is 47.8 Å². The molecule has 0 unspecified atom stereocenters. The lowest BCUT2D eigenvalue weighted by molar-refractivity contribution is 0.0943. The Hall–Kier alpha value is -0.850. The summed E-state index contributed by atoms with van der Waals surface area (Å²) >= 11 is 10.5. The van der Waals surface area contributed by atoms with Crippen molar-refractivity contribution in [1.82, 2.24) is 5.32 Å². The summed E-state index contributed by atoms with van der Waals surface area (Å²) in [5.74, 6) is -0.156. The van der Waals surface area contributed by atoms with E-state index >= 15 is 0 Å². The van der Waals surface area contributed by atoms with Crippen molar-refractivity contribution in [3.63, 3.8) is 0 Å². The summed E-state index contributed by atoms with van der Waals surface area (Å²) in [7, 11) is 0. The summed E-state index contributed by atoms with van der Waals surface area (Å²) in [6.07, 6.45) is -0.421. The van der Waals surface area contributed by atoms with Crippen molar-refractivity contribution >= 4 is 59.4 Å². The van der Waals surface area contributed by atoms with Crippen LogP contribution in [0.1, 0.15) is 21.5 Å². The first-order chi connectivity index (χ1) is 10.8. The predicted octanol–water partition coefficient (Wildman–Crippen LogP) is 5.31. The number of carbonyl (C=O) groups excluding carboxylic acids is 1. The Morgan fingerprint density at radius 1 is 1.04 bits per heavy atom. The van der Waals surface area contributed by atoms with Gasteiger partial charge in [0.2, 0.25) is 0 Å². The number of rotatable bonds is 4. The third-order valence-corrected chi connectivity index (χ3v) is 4.71. The smallest absolute Gasteiger partial charge is 0.252 e. The molecule has 2 N–H and O–H groups in total. The minimum absolute atomic E-state index is 0.156. The van der Waals surface area contributed by atoms with Crippen molar-refractivity contribution in [3.05, 3.63) is 65.2 Å². The maximum Gasteiger partial charge on any atom is 0.252 e. The van der Waals surface area contributed by atoms with E-state index in [0.29, 0.717) is 5.56 Å². The molecule has 0 spiro atoms. The average Bonchev–Trinajstić information content (AvgIpc) is 2.50. The van der Waals surface area contributed by atoms with Crippen LogP contribution in [0.15, 0.2) is 48.5 Å². The van der Waals surface area contributed by atoms with Crippen LogP contribution in [0.25, 0.3) is 0 Å². The topological polar surface area (TPSA) is 41.1 Å². The van der Waals surface area contributed by atoms with E-state index in [-0.39, 0.29) is 5.91 Å². The van der Waals surface area contributed by atoms with Crippen molar-refractivity contribution in [2.24, 2.45) is 0 Å². The van der Waals surface area contributed by atoms with Crippen LogP contribution in [-0.2, 0) is 0 Å². The highest BCUT2D eigenvalue weighted by Crippen LogP contribution is 2.38. The van der Waals surface area contributed by atoms with Gasteiger partial charge in [0, 0.05) is 11.3 Å². The van der Waals surface area contributed by atoms with Crippen LogP contribution in [0.2, 0.25) is 0 Å². The molecule has 3 nitrogen and oxygen atoms in total. The monoisotopic (exact) mass is 502 g/mol. The summed E-state index contributed by atoms with van der Waals surface area (Å²) < 4.78 is -0.687. The van der Waals surface area contributed by atoms with Gasteiger partial charge >= 0.3 is 0 Å². The number of anilines is 1. The first kappa shape index (κ1) is 18.5. The molecule has 23 heavy (non-hydrogen) atoms. The lowest BCUT2D eigenvalue weighted by Crippen LogP contribution is -2.48. The largest absolute Gasteiger partial charge is 0.362 e. The van der Waals surface area contributed by atoms with Gasteiger partial charge in [-0.15, -0.1) is 0 Å². The molecule has 0 aliphatic carbocycles. The maximum atomic E-state index is 12.4. The Morgan fingerprint density at radius 3 is 2.30 bits per heavy atom. The van der Waals surface area contributed by atoms with Crippen LogP contribution in [0.4, 0.5) is 5.69 Å². The van der Waals surface area contributed by atoms with Crippen molar-refractivity contribution in [1.29, 1.82) is 0 Å². The zero-order chi connectivity index (χ0) is 17.0. The molecule has 0 aromatic heterocycles. The lowest BCUT2D eigenvalue weighted by Gasteiger charge is -2.29. The van der Waals surface area contributed by atoms with E-state index in [2.05, 4.69) is 70.6 Å². The number of amides is 1. The van der Waals surface area contributed by atoms with Gasteiger partial charge in [-0.25, -0.2) is 0 Å². The molecule has 0 saturated heterocycles. The molecule has 6 heteroatoms. The van der Waals surface area contributed by atoms with Crippen molar-refractivity contribution in [2.75, 3.05) is 5.32 Å². The summed E-state index contributed by atoms with van der Waals surface area (Å²) in [5, 5.41) is 6.33. The van der Waals surface area contributed by atoms with E-state index < -0.39 is 8.31 Å². The van der Waals surface area contributed by atoms with E-state index in [0.717, 1.165) is 16.8 Å². The number of halogens is 3. The van der Waals surface area contributed by atoms with Gasteiger partial charge in [-0.2, -0.15) is 0 Å². The van der Waals surface area contributed by atoms with E-state index in [1.165, 1.54) is 0 Å². The highest BCUT2D eigenvalue weighted by atomic mass is 80.0. The standard InChI is InChI=1S/C17H17Br3N2O/c1-11-8-9-12(2)14(10-11)21-16(17(18,19)20)22-15(23)13-6-4-3-5-7-13/h3-10,16,21H,1-2H3,(H,22,23)/t16-/m1/s1. The van der Waals surface area contributed by atoms with E-state index in [4.69, 9.17) is 0 Å². The molecule has 0 aliphatic heterocycles. The summed E-state index contributed by atoms with van der Waals surface area (Å²) in [6.45, 7) is 4.06. The van der Waals surface area contributed by atoms with E-state index in [1.54, 1.807) is 12.1 Å². The van der Waals surface area contributed by atoms with Gasteiger partial charge in [0.1, 0.15) is 6.17 Å². The molecule has 0 bridgehead atoms.